The summed E-state index contributed by atoms with van der Waals surface area (Å²) in [6, 6.07) is 25.0. The Balaban J connectivity index is 1.19. The molecular weight excluding hydrogens is 460 g/mol. The molecule has 1 aliphatic heterocycles. The van der Waals surface area contributed by atoms with Crippen LogP contribution in [0.15, 0.2) is 78.9 Å². The van der Waals surface area contributed by atoms with E-state index < -0.39 is 0 Å². The molecule has 0 radical (unpaired) electrons. The molecule has 35 heavy (non-hydrogen) atoms. The Morgan fingerprint density at radius 1 is 0.914 bits per heavy atom. The van der Waals surface area contributed by atoms with Crippen molar-refractivity contribution in [3.05, 3.63) is 89.3 Å². The van der Waals surface area contributed by atoms with Crippen LogP contribution in [-0.2, 0) is 11.3 Å². The van der Waals surface area contributed by atoms with Crippen LogP contribution < -0.4 is 16.0 Å². The number of fused-ring (bicyclic) bond motifs is 1. The van der Waals surface area contributed by atoms with Gasteiger partial charge >= 0.3 is 6.09 Å². The first kappa shape index (κ1) is 22.7. The number of nitrogens with one attached hydrogen (secondary N) is 1. The zero-order chi connectivity index (χ0) is 24.2. The monoisotopic (exact) mass is 486 g/mol. The van der Waals surface area contributed by atoms with Crippen LogP contribution in [-0.4, -0.2) is 43.1 Å². The maximum Gasteiger partial charge on any atom is 0.410 e. The molecule has 7 nitrogen and oxygen atoms in total. The van der Waals surface area contributed by atoms with E-state index in [-0.39, 0.29) is 18.6 Å². The molecule has 0 bridgehead atoms. The Morgan fingerprint density at radius 3 is 2.43 bits per heavy atom. The molecule has 2 heterocycles. The number of nitrogen functional groups attached to an aromatic ring is 1. The molecule has 0 aliphatic carbocycles. The maximum atomic E-state index is 12.8. The topological polar surface area (TPSA) is 87.9 Å². The third kappa shape index (κ3) is 5.22. The van der Waals surface area contributed by atoms with Gasteiger partial charge in [0.1, 0.15) is 6.61 Å². The quantitative estimate of drug-likeness (QED) is 0.379. The molecule has 1 aliphatic rings. The summed E-state index contributed by atoms with van der Waals surface area (Å²) in [6.07, 6.45) is -0.281. The highest BCUT2D eigenvalue weighted by Gasteiger charge is 2.23. The van der Waals surface area contributed by atoms with Crippen molar-refractivity contribution in [2.75, 3.05) is 42.1 Å². The lowest BCUT2D eigenvalue weighted by Crippen LogP contribution is -2.48. The molecule has 3 aromatic carbocycles. The normalized spacial score (nSPS) is 13.6. The van der Waals surface area contributed by atoms with Gasteiger partial charge in [0, 0.05) is 36.6 Å². The van der Waals surface area contributed by atoms with Crippen LogP contribution in [0.4, 0.5) is 21.9 Å². The molecule has 3 N–H and O–H groups in total. The molecule has 5 rings (SSSR count). The lowest BCUT2D eigenvalue weighted by atomic mass is 10.2. The van der Waals surface area contributed by atoms with E-state index in [1.54, 1.807) is 17.0 Å². The number of anilines is 3. The van der Waals surface area contributed by atoms with E-state index >= 15 is 0 Å². The number of rotatable bonds is 5. The van der Waals surface area contributed by atoms with Crippen LogP contribution in [0.2, 0.25) is 0 Å². The summed E-state index contributed by atoms with van der Waals surface area (Å²) in [4.78, 5) is 29.8. The van der Waals surface area contributed by atoms with E-state index in [4.69, 9.17) is 10.5 Å². The van der Waals surface area contributed by atoms with Crippen LogP contribution in [0.5, 0.6) is 0 Å². The van der Waals surface area contributed by atoms with E-state index in [2.05, 4.69) is 22.3 Å². The second kappa shape index (κ2) is 10.1. The predicted molar refractivity (Wildman–Crippen MR) is 141 cm³/mol. The fourth-order valence-corrected chi connectivity index (χ4v) is 5.07. The first-order chi connectivity index (χ1) is 17.1. The molecule has 1 saturated heterocycles. The van der Waals surface area contributed by atoms with Gasteiger partial charge in [-0.15, -0.1) is 11.3 Å². The molecule has 0 unspecified atom stereocenters. The first-order valence-electron chi connectivity index (χ1n) is 11.5. The molecule has 0 atom stereocenters. The zero-order valence-electron chi connectivity index (χ0n) is 19.1. The molecule has 0 saturated carbocycles. The number of carbonyl (C=O) groups is 2. The number of benzene rings is 3. The SMILES string of the molecule is Nc1ccccc1NC(=O)c1cc2ccc(N3CCN(C(=O)OCc4ccccc4)CC3)cc2s1. The lowest BCUT2D eigenvalue weighted by Gasteiger charge is -2.35. The summed E-state index contributed by atoms with van der Waals surface area (Å²) in [6.45, 7) is 2.92. The highest BCUT2D eigenvalue weighted by Crippen LogP contribution is 2.31. The molecule has 1 aromatic heterocycles. The summed E-state index contributed by atoms with van der Waals surface area (Å²) >= 11 is 1.45. The Labute approximate surface area is 207 Å². The van der Waals surface area contributed by atoms with Gasteiger partial charge < -0.3 is 25.6 Å². The van der Waals surface area contributed by atoms with E-state index in [0.717, 1.165) is 34.4 Å². The highest BCUT2D eigenvalue weighted by molar-refractivity contribution is 7.21. The minimum Gasteiger partial charge on any atom is -0.445 e. The summed E-state index contributed by atoms with van der Waals surface area (Å²) in [5, 5.41) is 3.91. The second-order valence-electron chi connectivity index (χ2n) is 8.39. The Morgan fingerprint density at radius 2 is 1.66 bits per heavy atom. The highest BCUT2D eigenvalue weighted by atomic mass is 32.1. The minimum absolute atomic E-state index is 0.173. The average Bonchev–Trinajstić information content (AvgIpc) is 3.33. The van der Waals surface area contributed by atoms with E-state index in [1.807, 2.05) is 54.6 Å². The average molecular weight is 487 g/mol. The van der Waals surface area contributed by atoms with Gasteiger partial charge in [-0.25, -0.2) is 4.79 Å². The molecule has 1 fully saturated rings. The van der Waals surface area contributed by atoms with Crippen molar-refractivity contribution in [1.29, 1.82) is 0 Å². The number of piperazine rings is 1. The first-order valence-corrected chi connectivity index (χ1v) is 12.3. The maximum absolute atomic E-state index is 12.8. The van der Waals surface area contributed by atoms with Gasteiger partial charge in [0.05, 0.1) is 16.3 Å². The number of nitrogens with two attached hydrogens (primary N) is 1. The molecule has 4 aromatic rings. The number of thiophene rings is 1. The second-order valence-corrected chi connectivity index (χ2v) is 9.47. The van der Waals surface area contributed by atoms with Crippen molar-refractivity contribution in [3.8, 4) is 0 Å². The molecule has 178 valence electrons. The zero-order valence-corrected chi connectivity index (χ0v) is 20.0. The number of amides is 2. The Hall–Kier alpha value is -4.04. The van der Waals surface area contributed by atoms with Crippen molar-refractivity contribution >= 4 is 50.5 Å². The van der Waals surface area contributed by atoms with E-state index in [1.165, 1.54) is 11.3 Å². The lowest BCUT2D eigenvalue weighted by molar-refractivity contribution is 0.0941. The van der Waals surface area contributed by atoms with Crippen LogP contribution >= 0.6 is 11.3 Å². The summed E-state index contributed by atoms with van der Waals surface area (Å²) in [5.41, 5.74) is 9.14. The largest absolute Gasteiger partial charge is 0.445 e. The third-order valence-electron chi connectivity index (χ3n) is 6.04. The van der Waals surface area contributed by atoms with Crippen molar-refractivity contribution in [3.63, 3.8) is 0 Å². The number of carbonyl (C=O) groups excluding carboxylic acids is 2. The van der Waals surface area contributed by atoms with Crippen LogP contribution in [0.3, 0.4) is 0 Å². The predicted octanol–water partition coefficient (Wildman–Crippen LogP) is 5.19. The van der Waals surface area contributed by atoms with Crippen LogP contribution in [0.25, 0.3) is 10.1 Å². The smallest absolute Gasteiger partial charge is 0.410 e. The van der Waals surface area contributed by atoms with Crippen molar-refractivity contribution in [2.24, 2.45) is 0 Å². The molecule has 0 spiro atoms. The number of ether oxygens (including phenoxy) is 1. The van der Waals surface area contributed by atoms with Crippen LogP contribution in [0, 0.1) is 0 Å². The van der Waals surface area contributed by atoms with Crippen LogP contribution in [0.1, 0.15) is 15.2 Å². The van der Waals surface area contributed by atoms with Crippen molar-refractivity contribution < 1.29 is 14.3 Å². The van der Waals surface area contributed by atoms with Gasteiger partial charge in [0.2, 0.25) is 0 Å². The number of para-hydroxylation sites is 2. The fraction of sp³-hybridized carbons (Fsp3) is 0.185. The standard InChI is InChI=1S/C27H26N4O3S/c28-22-8-4-5-9-23(22)29-26(32)25-16-20-10-11-21(17-24(20)35-25)30-12-14-31(15-13-30)27(33)34-18-19-6-2-1-3-7-19/h1-11,16-17H,12-15,18,28H2,(H,29,32). The third-order valence-corrected chi connectivity index (χ3v) is 7.14. The Bertz CT molecular complexity index is 1350. The molecule has 2 amide bonds. The van der Waals surface area contributed by atoms with Crippen molar-refractivity contribution in [2.45, 2.75) is 6.61 Å². The van der Waals surface area contributed by atoms with E-state index in [0.29, 0.717) is 29.3 Å². The number of hydrogen-bond donors (Lipinski definition) is 2. The Kier molecular flexibility index (Phi) is 6.54. The summed E-state index contributed by atoms with van der Waals surface area (Å²) in [5.74, 6) is -0.173. The minimum atomic E-state index is -0.281. The summed E-state index contributed by atoms with van der Waals surface area (Å²) in [7, 11) is 0. The molecular formula is C27H26N4O3S. The van der Waals surface area contributed by atoms with Gasteiger partial charge in [0.25, 0.3) is 5.91 Å². The van der Waals surface area contributed by atoms with Gasteiger partial charge in [0.15, 0.2) is 0 Å². The molecule has 8 heteroatoms. The van der Waals surface area contributed by atoms with Gasteiger partial charge in [-0.3, -0.25) is 4.79 Å². The number of hydrogen-bond acceptors (Lipinski definition) is 6. The van der Waals surface area contributed by atoms with E-state index in [9.17, 15) is 9.59 Å². The fourth-order valence-electron chi connectivity index (χ4n) is 4.08. The van der Waals surface area contributed by atoms with Gasteiger partial charge in [-0.2, -0.15) is 0 Å². The summed E-state index contributed by atoms with van der Waals surface area (Å²) < 4.78 is 6.51. The van der Waals surface area contributed by atoms with Gasteiger partial charge in [-0.1, -0.05) is 48.5 Å². The van der Waals surface area contributed by atoms with Gasteiger partial charge in [-0.05, 0) is 41.3 Å². The number of nitrogens with zero attached hydrogens (tertiary/aromatic N) is 2. The van der Waals surface area contributed by atoms with Crippen molar-refractivity contribution in [1.82, 2.24) is 4.90 Å².